The summed E-state index contributed by atoms with van der Waals surface area (Å²) in [5.74, 6) is 1.22. The number of ether oxygens (including phenoxy) is 2. The molecule has 3 N–H and O–H groups in total. The third kappa shape index (κ3) is 4.22. The quantitative estimate of drug-likeness (QED) is 0.713. The van der Waals surface area contributed by atoms with Gasteiger partial charge in [0.1, 0.15) is 35.5 Å². The van der Waals surface area contributed by atoms with Crippen LogP contribution in [0.25, 0.3) is 0 Å². The first-order chi connectivity index (χ1) is 11.0. The zero-order chi connectivity index (χ0) is 16.8. The molecule has 8 nitrogen and oxygen atoms in total. The Bertz CT molecular complexity index is 693. The van der Waals surface area contributed by atoms with E-state index in [1.807, 2.05) is 0 Å². The fourth-order valence-electron chi connectivity index (χ4n) is 1.83. The molecular formula is C15H18N4O4. The van der Waals surface area contributed by atoms with Gasteiger partial charge in [0, 0.05) is 12.1 Å². The topological polar surface area (TPSA) is 106 Å². The van der Waals surface area contributed by atoms with Gasteiger partial charge in [-0.2, -0.15) is 0 Å². The molecule has 0 aliphatic heterocycles. The molecule has 122 valence electrons. The monoisotopic (exact) mass is 318 g/mol. The normalized spacial score (nSPS) is 11.4. The fraction of sp³-hybridized carbons (Fsp3) is 0.267. The first-order valence-electron chi connectivity index (χ1n) is 6.84. The number of methoxy groups -OCH3 is 2. The minimum absolute atomic E-state index is 0.407. The summed E-state index contributed by atoms with van der Waals surface area (Å²) in [6, 6.07) is 6.19. The van der Waals surface area contributed by atoms with Crippen molar-refractivity contribution in [3.8, 4) is 11.5 Å². The summed E-state index contributed by atoms with van der Waals surface area (Å²) in [6.45, 7) is 1.53. The fourth-order valence-corrected chi connectivity index (χ4v) is 1.83. The predicted octanol–water partition coefficient (Wildman–Crippen LogP) is 2.12. The zero-order valence-corrected chi connectivity index (χ0v) is 13.0. The Hall–Kier alpha value is -3.03. The molecule has 1 aromatic heterocycles. The second-order valence-electron chi connectivity index (χ2n) is 4.68. The average Bonchev–Trinajstić information content (AvgIpc) is 2.55. The standard InChI is InChI=1S/C15H18N4O4/c1-9(15(20)21)18-13-7-14(17-8-16-13)19-11-5-4-10(22-2)6-12(11)23-3/h4-9H,1-3H3,(H,20,21)(H2,16,17,18,19)/t9-/m0/s1. The highest BCUT2D eigenvalue weighted by atomic mass is 16.5. The van der Waals surface area contributed by atoms with E-state index in [4.69, 9.17) is 14.6 Å². The third-order valence-electron chi connectivity index (χ3n) is 3.07. The largest absolute Gasteiger partial charge is 0.497 e. The maximum Gasteiger partial charge on any atom is 0.325 e. The van der Waals surface area contributed by atoms with Crippen LogP contribution in [0.5, 0.6) is 11.5 Å². The van der Waals surface area contributed by atoms with Gasteiger partial charge in [-0.05, 0) is 19.1 Å². The summed E-state index contributed by atoms with van der Waals surface area (Å²) in [5.41, 5.74) is 0.698. The molecule has 0 unspecified atom stereocenters. The van der Waals surface area contributed by atoms with E-state index in [9.17, 15) is 4.79 Å². The number of hydrogen-bond acceptors (Lipinski definition) is 7. The number of aliphatic carboxylic acids is 1. The smallest absolute Gasteiger partial charge is 0.325 e. The summed E-state index contributed by atoms with van der Waals surface area (Å²) in [7, 11) is 3.13. The molecule has 0 radical (unpaired) electrons. The van der Waals surface area contributed by atoms with Gasteiger partial charge in [-0.3, -0.25) is 4.79 Å². The van der Waals surface area contributed by atoms with Crippen LogP contribution in [0, 0.1) is 0 Å². The lowest BCUT2D eigenvalue weighted by molar-refractivity contribution is -0.137. The van der Waals surface area contributed by atoms with Gasteiger partial charge < -0.3 is 25.2 Å². The Labute approximate surface area is 133 Å². The summed E-state index contributed by atoms with van der Waals surface area (Å²) in [6.07, 6.45) is 1.34. The van der Waals surface area contributed by atoms with Crippen LogP contribution in [-0.2, 0) is 4.79 Å². The van der Waals surface area contributed by atoms with Crippen LogP contribution in [0.4, 0.5) is 17.3 Å². The Morgan fingerprint density at radius 1 is 1.17 bits per heavy atom. The zero-order valence-electron chi connectivity index (χ0n) is 13.0. The maximum absolute atomic E-state index is 10.9. The van der Waals surface area contributed by atoms with Crippen LogP contribution in [0.15, 0.2) is 30.6 Å². The molecule has 0 aliphatic rings. The lowest BCUT2D eigenvalue weighted by Gasteiger charge is -2.13. The first-order valence-corrected chi connectivity index (χ1v) is 6.84. The number of nitrogens with zero attached hydrogens (tertiary/aromatic N) is 2. The van der Waals surface area contributed by atoms with Crippen molar-refractivity contribution in [1.82, 2.24) is 9.97 Å². The molecule has 1 atom stereocenters. The molecule has 0 fully saturated rings. The van der Waals surface area contributed by atoms with Crippen LogP contribution in [0.2, 0.25) is 0 Å². The third-order valence-corrected chi connectivity index (χ3v) is 3.07. The number of aromatic nitrogens is 2. The van der Waals surface area contributed by atoms with Gasteiger partial charge in [-0.1, -0.05) is 0 Å². The number of anilines is 3. The number of carboxylic acid groups (broad SMARTS) is 1. The van der Waals surface area contributed by atoms with Crippen molar-refractivity contribution in [2.24, 2.45) is 0 Å². The average molecular weight is 318 g/mol. The van der Waals surface area contributed by atoms with Gasteiger partial charge in [0.15, 0.2) is 0 Å². The number of carbonyl (C=O) groups is 1. The van der Waals surface area contributed by atoms with E-state index in [0.717, 1.165) is 0 Å². The molecule has 0 aliphatic carbocycles. The van der Waals surface area contributed by atoms with Crippen molar-refractivity contribution in [3.63, 3.8) is 0 Å². The lowest BCUT2D eigenvalue weighted by atomic mass is 10.2. The van der Waals surface area contributed by atoms with Crippen molar-refractivity contribution in [2.45, 2.75) is 13.0 Å². The van der Waals surface area contributed by atoms with Gasteiger partial charge in [0.2, 0.25) is 0 Å². The number of nitrogens with one attached hydrogen (secondary N) is 2. The van der Waals surface area contributed by atoms with E-state index in [1.54, 1.807) is 38.5 Å². The van der Waals surface area contributed by atoms with Crippen LogP contribution < -0.4 is 20.1 Å². The molecule has 2 aromatic rings. The van der Waals surface area contributed by atoms with Crippen LogP contribution in [0.3, 0.4) is 0 Å². The van der Waals surface area contributed by atoms with Gasteiger partial charge in [-0.15, -0.1) is 0 Å². The maximum atomic E-state index is 10.9. The molecule has 8 heteroatoms. The summed E-state index contributed by atoms with van der Waals surface area (Å²) < 4.78 is 10.5. The van der Waals surface area contributed by atoms with Crippen molar-refractivity contribution < 1.29 is 19.4 Å². The molecule has 1 aromatic carbocycles. The molecule has 23 heavy (non-hydrogen) atoms. The van der Waals surface area contributed by atoms with Crippen molar-refractivity contribution in [2.75, 3.05) is 24.9 Å². The van der Waals surface area contributed by atoms with E-state index in [1.165, 1.54) is 13.3 Å². The molecule has 0 saturated carbocycles. The molecule has 2 rings (SSSR count). The number of hydrogen-bond donors (Lipinski definition) is 3. The molecule has 1 heterocycles. The molecule has 0 amide bonds. The van der Waals surface area contributed by atoms with Crippen LogP contribution >= 0.6 is 0 Å². The van der Waals surface area contributed by atoms with Gasteiger partial charge in [0.25, 0.3) is 0 Å². The number of rotatable bonds is 7. The van der Waals surface area contributed by atoms with Gasteiger partial charge in [0.05, 0.1) is 19.9 Å². The predicted molar refractivity (Wildman–Crippen MR) is 85.6 cm³/mol. The van der Waals surface area contributed by atoms with E-state index < -0.39 is 12.0 Å². The highest BCUT2D eigenvalue weighted by Crippen LogP contribution is 2.31. The first kappa shape index (κ1) is 16.3. The Morgan fingerprint density at radius 2 is 1.91 bits per heavy atom. The Balaban J connectivity index is 2.19. The SMILES string of the molecule is COc1ccc(Nc2cc(N[C@@H](C)C(=O)O)ncn2)c(OC)c1. The molecule has 0 bridgehead atoms. The van der Waals surface area contributed by atoms with E-state index >= 15 is 0 Å². The van der Waals surface area contributed by atoms with Gasteiger partial charge >= 0.3 is 5.97 Å². The van der Waals surface area contributed by atoms with Crippen molar-refractivity contribution in [3.05, 3.63) is 30.6 Å². The Morgan fingerprint density at radius 3 is 2.57 bits per heavy atom. The highest BCUT2D eigenvalue weighted by molar-refractivity contribution is 5.76. The van der Waals surface area contributed by atoms with Crippen molar-refractivity contribution >= 4 is 23.3 Å². The summed E-state index contributed by atoms with van der Waals surface area (Å²) in [4.78, 5) is 19.0. The Kier molecular flexibility index (Phi) is 5.19. The number of carboxylic acids is 1. The lowest BCUT2D eigenvalue weighted by Crippen LogP contribution is -2.25. The second-order valence-corrected chi connectivity index (χ2v) is 4.68. The highest BCUT2D eigenvalue weighted by Gasteiger charge is 2.12. The van der Waals surface area contributed by atoms with Gasteiger partial charge in [-0.25, -0.2) is 9.97 Å². The number of benzene rings is 1. The van der Waals surface area contributed by atoms with E-state index in [2.05, 4.69) is 20.6 Å². The van der Waals surface area contributed by atoms with Crippen LogP contribution in [-0.4, -0.2) is 41.3 Å². The molecule has 0 spiro atoms. The van der Waals surface area contributed by atoms with Crippen molar-refractivity contribution in [1.29, 1.82) is 0 Å². The minimum atomic E-state index is -0.963. The molecule has 0 saturated heterocycles. The minimum Gasteiger partial charge on any atom is -0.497 e. The summed E-state index contributed by atoms with van der Waals surface area (Å²) in [5, 5.41) is 14.8. The second kappa shape index (κ2) is 7.30. The summed E-state index contributed by atoms with van der Waals surface area (Å²) >= 11 is 0. The van der Waals surface area contributed by atoms with Crippen LogP contribution in [0.1, 0.15) is 6.92 Å². The van der Waals surface area contributed by atoms with E-state index in [-0.39, 0.29) is 0 Å². The molecular weight excluding hydrogens is 300 g/mol. The van der Waals surface area contributed by atoms with E-state index in [0.29, 0.717) is 28.8 Å².